The van der Waals surface area contributed by atoms with Gasteiger partial charge in [-0.15, -0.1) is 0 Å². The Labute approximate surface area is 127 Å². The molecule has 22 heavy (non-hydrogen) atoms. The number of hydrogen-bond donors (Lipinski definition) is 2. The van der Waals surface area contributed by atoms with E-state index in [1.54, 1.807) is 17.2 Å². The van der Waals surface area contributed by atoms with Gasteiger partial charge in [-0.05, 0) is 36.6 Å². The molecular formula is C16H18FN3O2. The molecule has 0 spiro atoms. The summed E-state index contributed by atoms with van der Waals surface area (Å²) in [6.45, 7) is 1.12. The highest BCUT2D eigenvalue weighted by Crippen LogP contribution is 2.22. The molecule has 2 aromatic rings. The molecule has 3 rings (SSSR count). The van der Waals surface area contributed by atoms with Crippen LogP contribution in [0, 0.1) is 11.7 Å². The Morgan fingerprint density at radius 3 is 2.73 bits per heavy atom. The van der Waals surface area contributed by atoms with Gasteiger partial charge >= 0.3 is 0 Å². The molecule has 0 atom stereocenters. The number of H-pyrrole nitrogens is 1. The van der Waals surface area contributed by atoms with Gasteiger partial charge in [0.05, 0.1) is 6.42 Å². The van der Waals surface area contributed by atoms with Crippen LogP contribution in [-0.4, -0.2) is 34.8 Å². The van der Waals surface area contributed by atoms with Gasteiger partial charge < -0.3 is 15.6 Å². The Morgan fingerprint density at radius 2 is 2.05 bits per heavy atom. The van der Waals surface area contributed by atoms with E-state index in [-0.39, 0.29) is 30.0 Å². The van der Waals surface area contributed by atoms with Crippen LogP contribution in [0.4, 0.5) is 4.39 Å². The minimum absolute atomic E-state index is 0.0214. The molecule has 0 radical (unpaired) electrons. The number of nitrogens with zero attached hydrogens (tertiary/aromatic N) is 1. The zero-order chi connectivity index (χ0) is 15.7. The molecule has 1 aromatic carbocycles. The molecule has 5 nitrogen and oxygen atoms in total. The van der Waals surface area contributed by atoms with E-state index in [9.17, 15) is 14.0 Å². The zero-order valence-corrected chi connectivity index (χ0v) is 12.1. The predicted molar refractivity (Wildman–Crippen MR) is 80.5 cm³/mol. The number of halogens is 1. The number of primary amides is 1. The molecule has 0 saturated carbocycles. The van der Waals surface area contributed by atoms with E-state index in [0.717, 1.165) is 10.9 Å². The minimum Gasteiger partial charge on any atom is -0.369 e. The van der Waals surface area contributed by atoms with Crippen LogP contribution in [0.3, 0.4) is 0 Å². The van der Waals surface area contributed by atoms with E-state index in [1.165, 1.54) is 12.1 Å². The van der Waals surface area contributed by atoms with E-state index in [0.29, 0.717) is 31.4 Å². The SMILES string of the molecule is NC(=O)C1CCN(C(=O)Cc2c[nH]c3cc(F)ccc23)CC1. The highest BCUT2D eigenvalue weighted by Gasteiger charge is 2.26. The molecule has 1 aliphatic heterocycles. The summed E-state index contributed by atoms with van der Waals surface area (Å²) in [5.74, 6) is -0.695. The Balaban J connectivity index is 1.68. The molecule has 0 unspecified atom stereocenters. The third-order valence-electron chi connectivity index (χ3n) is 4.32. The molecule has 3 N–H and O–H groups in total. The summed E-state index contributed by atoms with van der Waals surface area (Å²) < 4.78 is 13.2. The van der Waals surface area contributed by atoms with Crippen molar-refractivity contribution in [2.45, 2.75) is 19.3 Å². The average molecular weight is 303 g/mol. The summed E-state index contributed by atoms with van der Waals surface area (Å²) >= 11 is 0. The van der Waals surface area contributed by atoms with Crippen LogP contribution in [0.15, 0.2) is 24.4 Å². The standard InChI is InChI=1S/C16H18FN3O2/c17-12-1-2-13-11(9-19-14(13)8-12)7-15(21)20-5-3-10(4-6-20)16(18)22/h1-2,8-10,19H,3-7H2,(H2,18,22). The highest BCUT2D eigenvalue weighted by atomic mass is 19.1. The van der Waals surface area contributed by atoms with Gasteiger partial charge in [0.15, 0.2) is 0 Å². The summed E-state index contributed by atoms with van der Waals surface area (Å²) in [4.78, 5) is 28.3. The lowest BCUT2D eigenvalue weighted by atomic mass is 9.96. The Bertz CT molecular complexity index is 717. The Kier molecular flexibility index (Phi) is 3.83. The van der Waals surface area contributed by atoms with Crippen molar-refractivity contribution < 1.29 is 14.0 Å². The van der Waals surface area contributed by atoms with Crippen molar-refractivity contribution in [2.75, 3.05) is 13.1 Å². The second-order valence-electron chi connectivity index (χ2n) is 5.74. The third kappa shape index (κ3) is 2.81. The number of aromatic nitrogens is 1. The van der Waals surface area contributed by atoms with Crippen molar-refractivity contribution in [3.05, 3.63) is 35.8 Å². The number of nitrogens with one attached hydrogen (secondary N) is 1. The van der Waals surface area contributed by atoms with Gasteiger partial charge in [-0.3, -0.25) is 9.59 Å². The monoisotopic (exact) mass is 303 g/mol. The third-order valence-corrected chi connectivity index (χ3v) is 4.32. The molecule has 2 amide bonds. The van der Waals surface area contributed by atoms with E-state index in [4.69, 9.17) is 5.73 Å². The number of nitrogens with two attached hydrogens (primary N) is 1. The normalized spacial score (nSPS) is 16.1. The quantitative estimate of drug-likeness (QED) is 0.902. The first-order chi connectivity index (χ1) is 10.5. The summed E-state index contributed by atoms with van der Waals surface area (Å²) in [5, 5.41) is 0.863. The lowest BCUT2D eigenvalue weighted by Crippen LogP contribution is -2.42. The number of piperidine rings is 1. The van der Waals surface area contributed by atoms with Crippen LogP contribution < -0.4 is 5.73 Å². The van der Waals surface area contributed by atoms with Crippen molar-refractivity contribution in [1.82, 2.24) is 9.88 Å². The van der Waals surface area contributed by atoms with Crippen LogP contribution in [0.5, 0.6) is 0 Å². The van der Waals surface area contributed by atoms with Gasteiger partial charge in [0, 0.05) is 36.1 Å². The number of amides is 2. The van der Waals surface area contributed by atoms with Crippen molar-refractivity contribution in [3.8, 4) is 0 Å². The Morgan fingerprint density at radius 1 is 1.32 bits per heavy atom. The summed E-state index contributed by atoms with van der Waals surface area (Å²) in [6.07, 6.45) is 3.27. The summed E-state index contributed by atoms with van der Waals surface area (Å²) in [5.41, 5.74) is 6.84. The number of hydrogen-bond acceptors (Lipinski definition) is 2. The molecule has 1 aromatic heterocycles. The number of fused-ring (bicyclic) bond motifs is 1. The maximum Gasteiger partial charge on any atom is 0.227 e. The van der Waals surface area contributed by atoms with Crippen molar-refractivity contribution in [1.29, 1.82) is 0 Å². The van der Waals surface area contributed by atoms with Crippen LogP contribution in [0.1, 0.15) is 18.4 Å². The lowest BCUT2D eigenvalue weighted by Gasteiger charge is -2.30. The predicted octanol–water partition coefficient (Wildman–Crippen LogP) is 1.57. The minimum atomic E-state index is -0.305. The van der Waals surface area contributed by atoms with E-state index >= 15 is 0 Å². The Hall–Kier alpha value is -2.37. The molecule has 1 aliphatic rings. The first kappa shape index (κ1) is 14.6. The molecule has 116 valence electrons. The summed E-state index contributed by atoms with van der Waals surface area (Å²) in [6, 6.07) is 4.49. The first-order valence-corrected chi connectivity index (χ1v) is 7.37. The van der Waals surface area contributed by atoms with Gasteiger partial charge in [0.25, 0.3) is 0 Å². The van der Waals surface area contributed by atoms with Gasteiger partial charge in [-0.2, -0.15) is 0 Å². The van der Waals surface area contributed by atoms with Crippen molar-refractivity contribution in [2.24, 2.45) is 11.7 Å². The molecular weight excluding hydrogens is 285 g/mol. The van der Waals surface area contributed by atoms with Gasteiger partial charge in [0.1, 0.15) is 5.82 Å². The molecule has 1 fully saturated rings. The maximum atomic E-state index is 13.2. The van der Waals surface area contributed by atoms with Gasteiger partial charge in [0.2, 0.25) is 11.8 Å². The number of aromatic amines is 1. The van der Waals surface area contributed by atoms with Crippen LogP contribution >= 0.6 is 0 Å². The molecule has 6 heteroatoms. The largest absolute Gasteiger partial charge is 0.369 e. The summed E-state index contributed by atoms with van der Waals surface area (Å²) in [7, 11) is 0. The topological polar surface area (TPSA) is 79.2 Å². The fraction of sp³-hybridized carbons (Fsp3) is 0.375. The number of likely N-dealkylation sites (tertiary alicyclic amines) is 1. The molecule has 0 bridgehead atoms. The second kappa shape index (κ2) is 5.79. The molecule has 1 saturated heterocycles. The van der Waals surface area contributed by atoms with Crippen molar-refractivity contribution in [3.63, 3.8) is 0 Å². The maximum absolute atomic E-state index is 13.2. The van der Waals surface area contributed by atoms with E-state index in [1.807, 2.05) is 0 Å². The molecule has 2 heterocycles. The number of carbonyl (C=O) groups excluding carboxylic acids is 2. The van der Waals surface area contributed by atoms with E-state index in [2.05, 4.69) is 4.98 Å². The number of rotatable bonds is 3. The zero-order valence-electron chi connectivity index (χ0n) is 12.1. The smallest absolute Gasteiger partial charge is 0.227 e. The van der Waals surface area contributed by atoms with Gasteiger partial charge in [-0.25, -0.2) is 4.39 Å². The lowest BCUT2D eigenvalue weighted by molar-refractivity contribution is -0.134. The first-order valence-electron chi connectivity index (χ1n) is 7.37. The van der Waals surface area contributed by atoms with Crippen LogP contribution in [0.2, 0.25) is 0 Å². The van der Waals surface area contributed by atoms with Crippen molar-refractivity contribution >= 4 is 22.7 Å². The van der Waals surface area contributed by atoms with E-state index < -0.39 is 0 Å². The number of carbonyl (C=O) groups is 2. The van der Waals surface area contributed by atoms with Crippen LogP contribution in [0.25, 0.3) is 10.9 Å². The average Bonchev–Trinajstić information content (AvgIpc) is 2.89. The van der Waals surface area contributed by atoms with Crippen LogP contribution in [-0.2, 0) is 16.0 Å². The fourth-order valence-electron chi connectivity index (χ4n) is 2.99. The number of benzene rings is 1. The fourth-order valence-corrected chi connectivity index (χ4v) is 2.99. The second-order valence-corrected chi connectivity index (χ2v) is 5.74. The highest BCUT2D eigenvalue weighted by molar-refractivity contribution is 5.89. The molecule has 0 aliphatic carbocycles. The van der Waals surface area contributed by atoms with Gasteiger partial charge in [-0.1, -0.05) is 0 Å².